The molecule has 2 nitrogen and oxygen atoms in total. The van der Waals surface area contributed by atoms with E-state index in [9.17, 15) is 0 Å². The van der Waals surface area contributed by atoms with Crippen LogP contribution in [0.2, 0.25) is 0 Å². The average molecular weight is 315 g/mol. The van der Waals surface area contributed by atoms with Gasteiger partial charge in [-0.1, -0.05) is 41.1 Å². The molecule has 0 N–H and O–H groups in total. The SMILES string of the molecule is CCCn1cc(-c2ccc3cc(Br)ccc3c2)cn1. The molecule has 3 aromatic rings. The van der Waals surface area contributed by atoms with Gasteiger partial charge in [0.15, 0.2) is 0 Å². The Morgan fingerprint density at radius 3 is 2.68 bits per heavy atom. The predicted octanol–water partition coefficient (Wildman–Crippen LogP) is 4.88. The highest BCUT2D eigenvalue weighted by Gasteiger charge is 2.03. The van der Waals surface area contributed by atoms with Crippen molar-refractivity contribution in [1.82, 2.24) is 9.78 Å². The predicted molar refractivity (Wildman–Crippen MR) is 83.2 cm³/mol. The van der Waals surface area contributed by atoms with E-state index in [0.29, 0.717) is 0 Å². The number of rotatable bonds is 3. The molecule has 3 heteroatoms. The summed E-state index contributed by atoms with van der Waals surface area (Å²) < 4.78 is 3.12. The van der Waals surface area contributed by atoms with Crippen molar-refractivity contribution in [3.05, 3.63) is 53.3 Å². The smallest absolute Gasteiger partial charge is 0.0568 e. The number of benzene rings is 2. The van der Waals surface area contributed by atoms with Crippen molar-refractivity contribution in [3.8, 4) is 11.1 Å². The van der Waals surface area contributed by atoms with E-state index in [1.165, 1.54) is 21.9 Å². The first-order valence-corrected chi connectivity index (χ1v) is 7.28. The molecule has 0 fully saturated rings. The lowest BCUT2D eigenvalue weighted by Crippen LogP contribution is -1.95. The standard InChI is InChI=1S/C16H15BrN2/c1-2-7-19-11-15(10-18-19)13-3-4-14-9-16(17)6-5-12(14)8-13/h3-6,8-11H,2,7H2,1H3. The Kier molecular flexibility index (Phi) is 3.38. The summed E-state index contributed by atoms with van der Waals surface area (Å²) >= 11 is 3.50. The van der Waals surface area contributed by atoms with Crippen LogP contribution in [0, 0.1) is 0 Å². The van der Waals surface area contributed by atoms with Crippen LogP contribution in [0.5, 0.6) is 0 Å². The number of aromatic nitrogens is 2. The van der Waals surface area contributed by atoms with Gasteiger partial charge in [0.2, 0.25) is 0 Å². The first-order chi connectivity index (χ1) is 9.26. The van der Waals surface area contributed by atoms with E-state index in [1.807, 2.05) is 10.9 Å². The maximum absolute atomic E-state index is 4.39. The summed E-state index contributed by atoms with van der Waals surface area (Å²) in [4.78, 5) is 0. The summed E-state index contributed by atoms with van der Waals surface area (Å²) in [6.07, 6.45) is 5.16. The largest absolute Gasteiger partial charge is 0.272 e. The van der Waals surface area contributed by atoms with Gasteiger partial charge in [-0.25, -0.2) is 0 Å². The second-order valence-corrected chi connectivity index (χ2v) is 5.61. The topological polar surface area (TPSA) is 17.8 Å². The molecular weight excluding hydrogens is 300 g/mol. The van der Waals surface area contributed by atoms with Crippen molar-refractivity contribution in [1.29, 1.82) is 0 Å². The molecule has 0 aliphatic carbocycles. The number of halogens is 1. The Morgan fingerprint density at radius 2 is 1.84 bits per heavy atom. The van der Waals surface area contributed by atoms with E-state index in [4.69, 9.17) is 0 Å². The van der Waals surface area contributed by atoms with Gasteiger partial charge in [-0.15, -0.1) is 0 Å². The van der Waals surface area contributed by atoms with Crippen molar-refractivity contribution in [3.63, 3.8) is 0 Å². The van der Waals surface area contributed by atoms with E-state index >= 15 is 0 Å². The number of fused-ring (bicyclic) bond motifs is 1. The number of hydrogen-bond donors (Lipinski definition) is 0. The molecule has 19 heavy (non-hydrogen) atoms. The lowest BCUT2D eigenvalue weighted by atomic mass is 10.0. The Morgan fingerprint density at radius 1 is 1.05 bits per heavy atom. The maximum atomic E-state index is 4.39. The molecule has 0 aliphatic heterocycles. The van der Waals surface area contributed by atoms with Gasteiger partial charge < -0.3 is 0 Å². The van der Waals surface area contributed by atoms with Crippen LogP contribution in [0.15, 0.2) is 53.3 Å². The number of hydrogen-bond acceptors (Lipinski definition) is 1. The summed E-state index contributed by atoms with van der Waals surface area (Å²) in [6.45, 7) is 3.13. The molecular formula is C16H15BrN2. The summed E-state index contributed by atoms with van der Waals surface area (Å²) in [5, 5.41) is 6.89. The Balaban J connectivity index is 2.02. The van der Waals surface area contributed by atoms with Gasteiger partial charge in [-0.3, -0.25) is 4.68 Å². The summed E-state index contributed by atoms with van der Waals surface area (Å²) in [5.41, 5.74) is 2.40. The van der Waals surface area contributed by atoms with Crippen LogP contribution >= 0.6 is 15.9 Å². The molecule has 0 aliphatic rings. The zero-order valence-corrected chi connectivity index (χ0v) is 12.4. The summed E-state index contributed by atoms with van der Waals surface area (Å²) in [5.74, 6) is 0. The third-order valence-electron chi connectivity index (χ3n) is 3.22. The van der Waals surface area contributed by atoms with E-state index in [2.05, 4.69) is 70.5 Å². The van der Waals surface area contributed by atoms with Crippen LogP contribution in [-0.4, -0.2) is 9.78 Å². The monoisotopic (exact) mass is 314 g/mol. The van der Waals surface area contributed by atoms with Crippen LogP contribution < -0.4 is 0 Å². The molecule has 0 unspecified atom stereocenters. The van der Waals surface area contributed by atoms with Crippen molar-refractivity contribution in [2.75, 3.05) is 0 Å². The number of aryl methyl sites for hydroxylation is 1. The van der Waals surface area contributed by atoms with E-state index in [0.717, 1.165) is 17.4 Å². The van der Waals surface area contributed by atoms with Gasteiger partial charge in [0.25, 0.3) is 0 Å². The van der Waals surface area contributed by atoms with E-state index < -0.39 is 0 Å². The molecule has 1 aromatic heterocycles. The molecule has 1 heterocycles. The zero-order valence-electron chi connectivity index (χ0n) is 10.8. The van der Waals surface area contributed by atoms with Crippen molar-refractivity contribution < 1.29 is 0 Å². The molecule has 0 saturated carbocycles. The third-order valence-corrected chi connectivity index (χ3v) is 3.71. The van der Waals surface area contributed by atoms with Crippen LogP contribution in [0.25, 0.3) is 21.9 Å². The molecule has 0 bridgehead atoms. The fourth-order valence-corrected chi connectivity index (χ4v) is 2.64. The second kappa shape index (κ2) is 5.17. The van der Waals surface area contributed by atoms with Gasteiger partial charge in [0.1, 0.15) is 0 Å². The summed E-state index contributed by atoms with van der Waals surface area (Å²) in [7, 11) is 0. The lowest BCUT2D eigenvalue weighted by Gasteiger charge is -2.02. The Labute approximate surface area is 121 Å². The maximum Gasteiger partial charge on any atom is 0.0568 e. The zero-order chi connectivity index (χ0) is 13.2. The van der Waals surface area contributed by atoms with Gasteiger partial charge in [-0.05, 0) is 41.0 Å². The normalized spacial score (nSPS) is 11.1. The first kappa shape index (κ1) is 12.4. The molecule has 96 valence electrons. The van der Waals surface area contributed by atoms with Gasteiger partial charge >= 0.3 is 0 Å². The minimum Gasteiger partial charge on any atom is -0.272 e. The molecule has 3 rings (SSSR count). The van der Waals surface area contributed by atoms with E-state index in [1.54, 1.807) is 0 Å². The first-order valence-electron chi connectivity index (χ1n) is 6.48. The second-order valence-electron chi connectivity index (χ2n) is 4.70. The van der Waals surface area contributed by atoms with Crippen molar-refractivity contribution in [2.45, 2.75) is 19.9 Å². The molecule has 0 atom stereocenters. The minimum atomic E-state index is 0.973. The molecule has 0 amide bonds. The van der Waals surface area contributed by atoms with Gasteiger partial charge in [-0.2, -0.15) is 5.10 Å². The highest BCUT2D eigenvalue weighted by atomic mass is 79.9. The van der Waals surface area contributed by atoms with Crippen LogP contribution in [-0.2, 0) is 6.54 Å². The summed E-state index contributed by atoms with van der Waals surface area (Å²) in [6, 6.07) is 12.9. The van der Waals surface area contributed by atoms with Gasteiger partial charge in [0, 0.05) is 22.8 Å². The van der Waals surface area contributed by atoms with Gasteiger partial charge in [0.05, 0.1) is 6.20 Å². The highest BCUT2D eigenvalue weighted by Crippen LogP contribution is 2.26. The van der Waals surface area contributed by atoms with Crippen LogP contribution in [0.3, 0.4) is 0 Å². The third kappa shape index (κ3) is 2.56. The quantitative estimate of drug-likeness (QED) is 0.674. The fourth-order valence-electron chi connectivity index (χ4n) is 2.26. The van der Waals surface area contributed by atoms with E-state index in [-0.39, 0.29) is 0 Å². The average Bonchev–Trinajstić information content (AvgIpc) is 2.87. The van der Waals surface area contributed by atoms with Crippen molar-refractivity contribution >= 4 is 26.7 Å². The Hall–Kier alpha value is -1.61. The fraction of sp³-hybridized carbons (Fsp3) is 0.188. The number of nitrogens with zero attached hydrogens (tertiary/aromatic N) is 2. The molecule has 0 spiro atoms. The Bertz CT molecular complexity index is 716. The lowest BCUT2D eigenvalue weighted by molar-refractivity contribution is 0.603. The van der Waals surface area contributed by atoms with Crippen molar-refractivity contribution in [2.24, 2.45) is 0 Å². The van der Waals surface area contributed by atoms with Crippen LogP contribution in [0.4, 0.5) is 0 Å². The molecule has 0 saturated heterocycles. The minimum absolute atomic E-state index is 0.973. The molecule has 0 radical (unpaired) electrons. The van der Waals surface area contributed by atoms with Crippen LogP contribution in [0.1, 0.15) is 13.3 Å². The molecule has 2 aromatic carbocycles. The highest BCUT2D eigenvalue weighted by molar-refractivity contribution is 9.10.